The van der Waals surface area contributed by atoms with Crippen molar-refractivity contribution < 1.29 is 9.84 Å². The van der Waals surface area contributed by atoms with Crippen molar-refractivity contribution in [2.45, 2.75) is 33.1 Å². The van der Waals surface area contributed by atoms with Gasteiger partial charge in [0.25, 0.3) is 0 Å². The first-order valence-corrected chi connectivity index (χ1v) is 9.42. The van der Waals surface area contributed by atoms with Crippen LogP contribution in [0.4, 0.5) is 0 Å². The van der Waals surface area contributed by atoms with Gasteiger partial charge < -0.3 is 9.84 Å². The topological polar surface area (TPSA) is 29.5 Å². The van der Waals surface area contributed by atoms with Gasteiger partial charge in [0.15, 0.2) is 0 Å². The Bertz CT molecular complexity index is 1100. The first-order valence-electron chi connectivity index (χ1n) is 8.62. The Hall–Kier alpha value is -1.94. The van der Waals surface area contributed by atoms with E-state index in [0.29, 0.717) is 5.75 Å². The van der Waals surface area contributed by atoms with E-state index in [1.165, 1.54) is 0 Å². The molecule has 3 aromatic rings. The van der Waals surface area contributed by atoms with Gasteiger partial charge in [-0.25, -0.2) is 0 Å². The maximum Gasteiger partial charge on any atom is 0.123 e. The van der Waals surface area contributed by atoms with E-state index >= 15 is 0 Å². The van der Waals surface area contributed by atoms with Crippen molar-refractivity contribution >= 4 is 40.0 Å². The molecule has 0 saturated carbocycles. The number of hydrogen-bond acceptors (Lipinski definition) is 2. The molecule has 1 N–H and O–H groups in total. The molecule has 0 unspecified atom stereocenters. The lowest BCUT2D eigenvalue weighted by Gasteiger charge is -2.25. The average Bonchev–Trinajstić information content (AvgIpc) is 2.80. The van der Waals surface area contributed by atoms with Crippen molar-refractivity contribution in [2.24, 2.45) is 0 Å². The lowest BCUT2D eigenvalue weighted by Crippen LogP contribution is -2.26. The SMILES string of the molecule is [B]c1c(C)c(Br)cc2c1C(C)(C)c1cc(O)c3cc(C)c(OC)cc3c1-2. The van der Waals surface area contributed by atoms with Gasteiger partial charge in [0.1, 0.15) is 19.3 Å². The van der Waals surface area contributed by atoms with Crippen LogP contribution in [0.1, 0.15) is 36.1 Å². The van der Waals surface area contributed by atoms with E-state index in [2.05, 4.69) is 35.8 Å². The maximum absolute atomic E-state index is 10.7. The van der Waals surface area contributed by atoms with E-state index in [-0.39, 0.29) is 5.41 Å². The highest BCUT2D eigenvalue weighted by Gasteiger charge is 2.39. The summed E-state index contributed by atoms with van der Waals surface area (Å²) in [6.45, 7) is 8.34. The number of phenols is 1. The predicted octanol–water partition coefficient (Wildman–Crippen LogP) is 5.03. The number of fused-ring (bicyclic) bond motifs is 5. The highest BCUT2D eigenvalue weighted by molar-refractivity contribution is 9.10. The van der Waals surface area contributed by atoms with E-state index in [1.54, 1.807) is 7.11 Å². The molecular formula is C22H20BBrO2. The van der Waals surface area contributed by atoms with Crippen LogP contribution in [0.15, 0.2) is 28.7 Å². The number of hydrogen-bond donors (Lipinski definition) is 1. The van der Waals surface area contributed by atoms with Crippen molar-refractivity contribution in [3.05, 3.63) is 51.0 Å². The van der Waals surface area contributed by atoms with Crippen molar-refractivity contribution in [2.75, 3.05) is 7.11 Å². The zero-order valence-corrected chi connectivity index (χ0v) is 17.2. The molecule has 4 heteroatoms. The molecule has 130 valence electrons. The number of aryl methyl sites for hydroxylation is 1. The molecule has 0 fully saturated rings. The van der Waals surface area contributed by atoms with Crippen molar-refractivity contribution in [1.29, 1.82) is 0 Å². The molecule has 2 radical (unpaired) electrons. The van der Waals surface area contributed by atoms with Gasteiger partial charge in [-0.2, -0.15) is 0 Å². The molecule has 0 saturated heterocycles. The summed E-state index contributed by atoms with van der Waals surface area (Å²) in [5.74, 6) is 1.11. The number of benzene rings is 3. The van der Waals surface area contributed by atoms with Gasteiger partial charge in [0.2, 0.25) is 0 Å². The second kappa shape index (κ2) is 5.53. The number of methoxy groups -OCH3 is 1. The monoisotopic (exact) mass is 406 g/mol. The molecule has 2 nitrogen and oxygen atoms in total. The largest absolute Gasteiger partial charge is 0.507 e. The third-order valence-electron chi connectivity index (χ3n) is 5.77. The van der Waals surface area contributed by atoms with Crippen molar-refractivity contribution in [3.8, 4) is 22.6 Å². The van der Waals surface area contributed by atoms with Crippen LogP contribution in [0, 0.1) is 13.8 Å². The Morgan fingerprint density at radius 2 is 1.77 bits per heavy atom. The van der Waals surface area contributed by atoms with Gasteiger partial charge in [0, 0.05) is 15.3 Å². The number of ether oxygens (including phenoxy) is 1. The molecular weight excluding hydrogens is 387 g/mol. The average molecular weight is 407 g/mol. The summed E-state index contributed by atoms with van der Waals surface area (Å²) in [7, 11) is 8.21. The summed E-state index contributed by atoms with van der Waals surface area (Å²) in [5, 5.41) is 12.6. The Balaban J connectivity index is 2.23. The first kappa shape index (κ1) is 17.5. The van der Waals surface area contributed by atoms with Crippen LogP contribution in [-0.4, -0.2) is 20.1 Å². The first-order chi connectivity index (χ1) is 12.2. The van der Waals surface area contributed by atoms with E-state index in [9.17, 15) is 5.11 Å². The molecule has 0 aromatic heterocycles. The standard InChI is InChI=1S/C22H20BBrO2/c1-10-6-12-13(8-18(10)26-5)19-14-7-16(24)11(2)21(23)20(14)22(3,4)15(19)9-17(12)25/h6-9,25H,1-5H3. The summed E-state index contributed by atoms with van der Waals surface area (Å²) >= 11 is 3.65. The van der Waals surface area contributed by atoms with E-state index in [1.807, 2.05) is 32.0 Å². The van der Waals surface area contributed by atoms with E-state index in [4.69, 9.17) is 12.6 Å². The van der Waals surface area contributed by atoms with Gasteiger partial charge >= 0.3 is 0 Å². The second-order valence-electron chi connectivity index (χ2n) is 7.63. The summed E-state index contributed by atoms with van der Waals surface area (Å²) in [6, 6.07) is 8.06. The fraction of sp³-hybridized carbons (Fsp3) is 0.273. The molecule has 0 atom stereocenters. The molecule has 4 rings (SSSR count). The highest BCUT2D eigenvalue weighted by Crippen LogP contribution is 2.53. The van der Waals surface area contributed by atoms with Crippen LogP contribution in [0.25, 0.3) is 21.9 Å². The van der Waals surface area contributed by atoms with Gasteiger partial charge in [-0.15, -0.1) is 0 Å². The zero-order valence-electron chi connectivity index (χ0n) is 15.6. The minimum absolute atomic E-state index is 0.288. The van der Waals surface area contributed by atoms with Gasteiger partial charge in [-0.3, -0.25) is 0 Å². The van der Waals surface area contributed by atoms with Gasteiger partial charge in [0.05, 0.1) is 7.11 Å². The minimum Gasteiger partial charge on any atom is -0.507 e. The summed E-state index contributed by atoms with van der Waals surface area (Å²) in [4.78, 5) is 0. The number of rotatable bonds is 1. The summed E-state index contributed by atoms with van der Waals surface area (Å²) < 4.78 is 6.54. The molecule has 26 heavy (non-hydrogen) atoms. The quantitative estimate of drug-likeness (QED) is 0.574. The number of halogens is 1. The van der Waals surface area contributed by atoms with Crippen LogP contribution in [0.5, 0.6) is 11.5 Å². The molecule has 1 aliphatic carbocycles. The van der Waals surface area contributed by atoms with Gasteiger partial charge in [-0.05, 0) is 76.9 Å². The van der Waals surface area contributed by atoms with Crippen LogP contribution in [-0.2, 0) is 5.41 Å². The van der Waals surface area contributed by atoms with Crippen LogP contribution in [0.2, 0.25) is 0 Å². The molecule has 0 bridgehead atoms. The highest BCUT2D eigenvalue weighted by atomic mass is 79.9. The second-order valence-corrected chi connectivity index (χ2v) is 8.48. The number of aromatic hydroxyl groups is 1. The molecule has 3 aromatic carbocycles. The Morgan fingerprint density at radius 3 is 2.42 bits per heavy atom. The molecule has 0 spiro atoms. The smallest absolute Gasteiger partial charge is 0.123 e. The van der Waals surface area contributed by atoms with Crippen LogP contribution < -0.4 is 10.2 Å². The molecule has 1 aliphatic rings. The number of phenolic OH excluding ortho intramolecular Hbond substituents is 1. The fourth-order valence-corrected chi connectivity index (χ4v) is 4.76. The van der Waals surface area contributed by atoms with Crippen LogP contribution >= 0.6 is 15.9 Å². The van der Waals surface area contributed by atoms with Crippen LogP contribution in [0.3, 0.4) is 0 Å². The summed E-state index contributed by atoms with van der Waals surface area (Å²) in [5.41, 5.74) is 7.03. The van der Waals surface area contributed by atoms with Crippen molar-refractivity contribution in [1.82, 2.24) is 0 Å². The van der Waals surface area contributed by atoms with E-state index < -0.39 is 0 Å². The Kier molecular flexibility index (Phi) is 3.72. The Morgan fingerprint density at radius 1 is 1.08 bits per heavy atom. The predicted molar refractivity (Wildman–Crippen MR) is 112 cm³/mol. The van der Waals surface area contributed by atoms with E-state index in [0.717, 1.165) is 59.8 Å². The molecule has 0 aliphatic heterocycles. The Labute approximate surface area is 163 Å². The third-order valence-corrected chi connectivity index (χ3v) is 6.59. The fourth-order valence-electron chi connectivity index (χ4n) is 4.32. The van der Waals surface area contributed by atoms with Gasteiger partial charge in [-0.1, -0.05) is 35.2 Å². The summed E-state index contributed by atoms with van der Waals surface area (Å²) in [6.07, 6.45) is 0. The maximum atomic E-state index is 10.7. The third kappa shape index (κ3) is 2.11. The lowest BCUT2D eigenvalue weighted by atomic mass is 9.74. The zero-order chi connectivity index (χ0) is 19.0. The minimum atomic E-state index is -0.288. The normalized spacial score (nSPS) is 14.4. The molecule has 0 amide bonds. The molecule has 0 heterocycles. The lowest BCUT2D eigenvalue weighted by molar-refractivity contribution is 0.412. The van der Waals surface area contributed by atoms with Crippen molar-refractivity contribution in [3.63, 3.8) is 0 Å².